The Labute approximate surface area is 193 Å². The number of rotatable bonds is 6. The quantitative estimate of drug-likeness (QED) is 0.509. The summed E-state index contributed by atoms with van der Waals surface area (Å²) in [5.41, 5.74) is 0.534. The molecule has 0 bridgehead atoms. The zero-order chi connectivity index (χ0) is 24.0. The Morgan fingerprint density at radius 1 is 1.24 bits per heavy atom. The average molecular weight is 475 g/mol. The van der Waals surface area contributed by atoms with Crippen molar-refractivity contribution < 1.29 is 17.4 Å². The van der Waals surface area contributed by atoms with Crippen molar-refractivity contribution in [2.75, 3.05) is 0 Å². The molecule has 2 heterocycles. The molecule has 1 aromatic carbocycles. The van der Waals surface area contributed by atoms with Gasteiger partial charge in [0.05, 0.1) is 22.6 Å². The molecule has 1 unspecified atom stereocenters. The smallest absolute Gasteiger partial charge is 0.347 e. The van der Waals surface area contributed by atoms with Crippen LogP contribution in [0.25, 0.3) is 22.0 Å². The first-order valence-corrected chi connectivity index (χ1v) is 11.9. The van der Waals surface area contributed by atoms with Crippen molar-refractivity contribution in [3.05, 3.63) is 53.5 Å². The van der Waals surface area contributed by atoms with Gasteiger partial charge in [-0.3, -0.25) is 4.98 Å². The molecule has 1 fully saturated rings. The lowest BCUT2D eigenvalue weighted by molar-refractivity contribution is -0.140. The highest BCUT2D eigenvalue weighted by Gasteiger charge is 2.37. The molecule has 0 saturated heterocycles. The van der Waals surface area contributed by atoms with E-state index in [1.807, 2.05) is 16.8 Å². The third kappa shape index (κ3) is 5.12. The molecule has 1 saturated carbocycles. The second-order valence-electron chi connectivity index (χ2n) is 9.58. The van der Waals surface area contributed by atoms with E-state index in [4.69, 9.17) is 0 Å². The maximum absolute atomic E-state index is 13.7. The van der Waals surface area contributed by atoms with Gasteiger partial charge in [-0.2, -0.15) is 18.4 Å². The Kier molecular flexibility index (Phi) is 6.10. The standard InChI is InChI=1S/C24H25F3N4OS/c1-23(2,3)14-31-13-17(12-30-33(32)18-5-6-18)19-7-4-15(10-20(19)31)21-16(11-28)8-9-29-22(21)24(25,26)27/h4,7-10,13,18,30H,5-6,12,14H2,1-3H3. The van der Waals surface area contributed by atoms with Crippen LogP contribution in [0.1, 0.15) is 50.4 Å². The lowest BCUT2D eigenvalue weighted by Crippen LogP contribution is -2.19. The topological polar surface area (TPSA) is 70.7 Å². The highest BCUT2D eigenvalue weighted by molar-refractivity contribution is 7.83. The minimum absolute atomic E-state index is 0.0766. The molecule has 1 aliphatic carbocycles. The SMILES string of the molecule is CC(C)(C)Cn1cc(CNS(=O)C2CC2)c2ccc(-c3c(C#N)ccnc3C(F)(F)F)cc21. The molecule has 5 nitrogen and oxygen atoms in total. The Morgan fingerprint density at radius 2 is 1.97 bits per heavy atom. The van der Waals surface area contributed by atoms with Gasteiger partial charge in [-0.25, -0.2) is 8.93 Å². The summed E-state index contributed by atoms with van der Waals surface area (Å²) in [6, 6.07) is 8.23. The summed E-state index contributed by atoms with van der Waals surface area (Å²) in [6.45, 7) is 7.29. The molecular weight excluding hydrogens is 449 g/mol. The number of aromatic nitrogens is 2. The zero-order valence-corrected chi connectivity index (χ0v) is 19.5. The van der Waals surface area contributed by atoms with E-state index in [0.29, 0.717) is 13.1 Å². The summed E-state index contributed by atoms with van der Waals surface area (Å²) in [7, 11) is -1.09. The predicted molar refractivity (Wildman–Crippen MR) is 122 cm³/mol. The van der Waals surface area contributed by atoms with Gasteiger partial charge < -0.3 is 4.57 Å². The maximum atomic E-state index is 13.7. The highest BCUT2D eigenvalue weighted by atomic mass is 32.2. The van der Waals surface area contributed by atoms with Crippen LogP contribution in [0.3, 0.4) is 0 Å². The van der Waals surface area contributed by atoms with Crippen molar-refractivity contribution in [1.29, 1.82) is 5.26 Å². The van der Waals surface area contributed by atoms with E-state index in [9.17, 15) is 22.6 Å². The van der Waals surface area contributed by atoms with Crippen LogP contribution in [0, 0.1) is 16.7 Å². The lowest BCUT2D eigenvalue weighted by Gasteiger charge is -2.20. The van der Waals surface area contributed by atoms with Crippen LogP contribution in [-0.4, -0.2) is 19.0 Å². The number of hydrogen-bond acceptors (Lipinski definition) is 3. The van der Waals surface area contributed by atoms with Gasteiger partial charge in [0, 0.05) is 47.2 Å². The maximum Gasteiger partial charge on any atom is 0.434 e. The number of hydrogen-bond donors (Lipinski definition) is 1. The van der Waals surface area contributed by atoms with E-state index in [2.05, 4.69) is 30.5 Å². The van der Waals surface area contributed by atoms with Gasteiger partial charge >= 0.3 is 6.18 Å². The van der Waals surface area contributed by atoms with Crippen LogP contribution >= 0.6 is 0 Å². The van der Waals surface area contributed by atoms with Gasteiger partial charge in [0.1, 0.15) is 0 Å². The van der Waals surface area contributed by atoms with Crippen LogP contribution in [-0.2, 0) is 30.3 Å². The van der Waals surface area contributed by atoms with Crippen molar-refractivity contribution in [1.82, 2.24) is 14.3 Å². The molecule has 1 aliphatic rings. The second kappa shape index (κ2) is 8.58. The van der Waals surface area contributed by atoms with Crippen molar-refractivity contribution >= 4 is 21.9 Å². The molecule has 9 heteroatoms. The normalized spacial score (nSPS) is 15.5. The molecule has 0 aliphatic heterocycles. The summed E-state index contributed by atoms with van der Waals surface area (Å²) >= 11 is 0. The molecule has 0 radical (unpaired) electrons. The Hall–Kier alpha value is -2.70. The van der Waals surface area contributed by atoms with Crippen LogP contribution in [0.5, 0.6) is 0 Å². The van der Waals surface area contributed by atoms with E-state index < -0.39 is 22.9 Å². The van der Waals surface area contributed by atoms with Crippen LogP contribution in [0.15, 0.2) is 36.7 Å². The number of halogens is 3. The molecule has 1 N–H and O–H groups in total. The van der Waals surface area contributed by atoms with E-state index in [-0.39, 0.29) is 27.4 Å². The number of fused-ring (bicyclic) bond motifs is 1. The zero-order valence-electron chi connectivity index (χ0n) is 18.7. The number of nitrogens with zero attached hydrogens (tertiary/aromatic N) is 3. The average Bonchev–Trinajstić information content (AvgIpc) is 3.54. The third-order valence-electron chi connectivity index (χ3n) is 5.47. The van der Waals surface area contributed by atoms with E-state index >= 15 is 0 Å². The number of nitrogens with one attached hydrogen (secondary N) is 1. The van der Waals surface area contributed by atoms with Gasteiger partial charge in [0.15, 0.2) is 5.69 Å². The fourth-order valence-corrected chi connectivity index (χ4v) is 5.01. The van der Waals surface area contributed by atoms with E-state index in [1.165, 1.54) is 6.07 Å². The predicted octanol–water partition coefficient (Wildman–Crippen LogP) is 5.56. The minimum Gasteiger partial charge on any atom is -0.347 e. The van der Waals surface area contributed by atoms with Crippen molar-refractivity contribution in [3.63, 3.8) is 0 Å². The molecule has 3 aromatic rings. The molecular formula is C24H25F3N4OS. The van der Waals surface area contributed by atoms with Crippen molar-refractivity contribution in [2.24, 2.45) is 5.41 Å². The second-order valence-corrected chi connectivity index (χ2v) is 11.1. The molecule has 1 atom stereocenters. The van der Waals surface area contributed by atoms with Crippen LogP contribution in [0.2, 0.25) is 0 Å². The number of benzene rings is 1. The summed E-state index contributed by atoms with van der Waals surface area (Å²) in [5, 5.41) is 10.6. The summed E-state index contributed by atoms with van der Waals surface area (Å²) in [6.07, 6.45) is 0.211. The largest absolute Gasteiger partial charge is 0.434 e. The Balaban J connectivity index is 1.84. The Bertz CT molecular complexity index is 1260. The first-order valence-electron chi connectivity index (χ1n) is 10.7. The minimum atomic E-state index is -4.69. The summed E-state index contributed by atoms with van der Waals surface area (Å²) in [4.78, 5) is 3.55. The van der Waals surface area contributed by atoms with E-state index in [1.54, 1.807) is 18.2 Å². The monoisotopic (exact) mass is 474 g/mol. The molecule has 2 aromatic heterocycles. The molecule has 0 spiro atoms. The first-order chi connectivity index (χ1) is 15.5. The molecule has 4 rings (SSSR count). The Morgan fingerprint density at radius 3 is 2.58 bits per heavy atom. The van der Waals surface area contributed by atoms with Gasteiger partial charge in [0.2, 0.25) is 0 Å². The number of alkyl halides is 3. The van der Waals surface area contributed by atoms with E-state index in [0.717, 1.165) is 35.5 Å². The highest BCUT2D eigenvalue weighted by Crippen LogP contribution is 2.39. The van der Waals surface area contributed by atoms with Gasteiger partial charge in [-0.1, -0.05) is 32.9 Å². The van der Waals surface area contributed by atoms with Gasteiger partial charge in [0.25, 0.3) is 0 Å². The van der Waals surface area contributed by atoms with Crippen molar-refractivity contribution in [3.8, 4) is 17.2 Å². The van der Waals surface area contributed by atoms with Gasteiger partial charge in [-0.05, 0) is 41.5 Å². The molecule has 174 valence electrons. The fraction of sp³-hybridized carbons (Fsp3) is 0.417. The number of nitriles is 1. The van der Waals surface area contributed by atoms with Crippen LogP contribution in [0.4, 0.5) is 13.2 Å². The molecule has 0 amide bonds. The number of pyridine rings is 1. The van der Waals surface area contributed by atoms with Gasteiger partial charge in [-0.15, -0.1) is 0 Å². The summed E-state index contributed by atoms with van der Waals surface area (Å²) in [5.74, 6) is 0. The first kappa shape index (κ1) is 23.5. The molecule has 33 heavy (non-hydrogen) atoms. The third-order valence-corrected chi connectivity index (χ3v) is 6.98. The van der Waals surface area contributed by atoms with Crippen LogP contribution < -0.4 is 4.72 Å². The van der Waals surface area contributed by atoms with Crippen molar-refractivity contribution in [2.45, 2.75) is 58.1 Å². The lowest BCUT2D eigenvalue weighted by atomic mass is 9.96. The summed E-state index contributed by atoms with van der Waals surface area (Å²) < 4.78 is 58.4. The fourth-order valence-electron chi connectivity index (χ4n) is 3.92.